The highest BCUT2D eigenvalue weighted by molar-refractivity contribution is 6.22. The normalized spacial score (nSPS) is 21.1. The molecule has 4 N–H and O–H groups in total. The van der Waals surface area contributed by atoms with Crippen LogP contribution in [0.2, 0.25) is 0 Å². The lowest BCUT2D eigenvalue weighted by molar-refractivity contribution is -0.687. The van der Waals surface area contributed by atoms with E-state index >= 15 is 0 Å². The van der Waals surface area contributed by atoms with Gasteiger partial charge in [0.25, 0.3) is 0 Å². The van der Waals surface area contributed by atoms with E-state index in [1.165, 1.54) is 11.8 Å². The Morgan fingerprint density at radius 3 is 2.64 bits per heavy atom. The zero-order valence-corrected chi connectivity index (χ0v) is 23.2. The van der Waals surface area contributed by atoms with Crippen molar-refractivity contribution in [3.8, 4) is 16.9 Å². The lowest BCUT2D eigenvalue weighted by Crippen LogP contribution is -2.63. The molecule has 3 unspecified atom stereocenters. The Balaban J connectivity index is 1.24. The number of hydrogen-bond donors (Lipinski definition) is 3. The van der Waals surface area contributed by atoms with E-state index < -0.39 is 29.9 Å². The Morgan fingerprint density at radius 2 is 1.93 bits per heavy atom. The molecule has 1 saturated heterocycles. The summed E-state index contributed by atoms with van der Waals surface area (Å²) in [5.41, 5.74) is 8.99. The average molecular weight is 572 g/mol. The van der Waals surface area contributed by atoms with Crippen molar-refractivity contribution in [2.75, 3.05) is 6.61 Å². The number of benzene rings is 2. The molecule has 3 aromatic rings. The summed E-state index contributed by atoms with van der Waals surface area (Å²) in [6.45, 7) is 4.32. The molecule has 3 heterocycles. The number of aliphatic carboxylic acids is 1. The number of amides is 2. The van der Waals surface area contributed by atoms with Gasteiger partial charge in [-0.05, 0) is 30.2 Å². The first kappa shape index (κ1) is 27.4. The lowest BCUT2D eigenvalue weighted by atomic mass is 9.78. The topological polar surface area (TPSA) is 156 Å². The molecule has 3 aliphatic rings. The summed E-state index contributed by atoms with van der Waals surface area (Å²) in [6, 6.07) is 10.5. The van der Waals surface area contributed by atoms with Crippen molar-refractivity contribution in [2.45, 2.75) is 45.5 Å². The number of carboxylic acids is 1. The van der Waals surface area contributed by atoms with E-state index in [4.69, 9.17) is 10.5 Å². The molecule has 42 heavy (non-hydrogen) atoms. The number of aryl methyl sites for hydroxylation is 1. The van der Waals surface area contributed by atoms with Gasteiger partial charge in [-0.1, -0.05) is 31.2 Å². The molecule has 0 bridgehead atoms. The fraction of sp³-hybridized carbons (Fsp3) is 0.323. The van der Waals surface area contributed by atoms with Crippen LogP contribution >= 0.6 is 0 Å². The second-order valence-corrected chi connectivity index (χ2v) is 11.1. The summed E-state index contributed by atoms with van der Waals surface area (Å²) in [6.07, 6.45) is 4.99. The van der Waals surface area contributed by atoms with Gasteiger partial charge in [-0.2, -0.15) is 0 Å². The van der Waals surface area contributed by atoms with E-state index in [2.05, 4.69) is 0 Å². The Morgan fingerprint density at radius 1 is 1.14 bits per heavy atom. The number of rotatable bonds is 10. The van der Waals surface area contributed by atoms with Gasteiger partial charge < -0.3 is 25.6 Å². The maximum atomic E-state index is 13.4. The van der Waals surface area contributed by atoms with Gasteiger partial charge >= 0.3 is 5.97 Å². The molecule has 2 aliphatic heterocycles. The zero-order chi connectivity index (χ0) is 29.9. The van der Waals surface area contributed by atoms with Crippen LogP contribution in [0.1, 0.15) is 41.8 Å². The van der Waals surface area contributed by atoms with Gasteiger partial charge in [0.1, 0.15) is 37.0 Å². The third-order valence-electron chi connectivity index (χ3n) is 8.50. The molecule has 216 valence electrons. The van der Waals surface area contributed by atoms with Gasteiger partial charge in [-0.15, -0.1) is 0 Å². The molecule has 0 saturated carbocycles. The van der Waals surface area contributed by atoms with Gasteiger partial charge in [0, 0.05) is 28.2 Å². The molecule has 2 amide bonds. The highest BCUT2D eigenvalue weighted by atomic mass is 16.5. The maximum absolute atomic E-state index is 13.4. The summed E-state index contributed by atoms with van der Waals surface area (Å²) in [7, 11) is 0. The number of ether oxygens (including phenoxy) is 1. The molecule has 2 aromatic carbocycles. The van der Waals surface area contributed by atoms with Crippen LogP contribution in [-0.4, -0.2) is 62.0 Å². The van der Waals surface area contributed by atoms with E-state index in [0.717, 1.165) is 11.1 Å². The smallest absolute Gasteiger partial charge is 0.352 e. The Kier molecular flexibility index (Phi) is 6.69. The van der Waals surface area contributed by atoms with Gasteiger partial charge in [0.05, 0.1) is 31.0 Å². The van der Waals surface area contributed by atoms with Crippen molar-refractivity contribution >= 4 is 23.6 Å². The molecule has 0 radical (unpaired) electrons. The minimum atomic E-state index is -1.22. The SMILES string of the molecule is CC(O)C1C(=O)N2C(C(=O)O)=C(COc3cccc4c3-c3ccc(C[n+]5ccn(CCC(N)=O)c5)cc3C4=O)[C@H](C)C12. The third kappa shape index (κ3) is 4.37. The van der Waals surface area contributed by atoms with E-state index in [9.17, 15) is 29.4 Å². The number of aliphatic hydroxyl groups excluding tert-OH is 1. The molecular formula is C31H31N4O7+. The number of fused-ring (bicyclic) bond motifs is 4. The first-order valence-electron chi connectivity index (χ1n) is 13.8. The van der Waals surface area contributed by atoms with E-state index in [0.29, 0.717) is 41.1 Å². The number of ketones is 1. The van der Waals surface area contributed by atoms with Crippen molar-refractivity contribution in [1.29, 1.82) is 0 Å². The van der Waals surface area contributed by atoms with Crippen LogP contribution in [0.4, 0.5) is 0 Å². The lowest BCUT2D eigenvalue weighted by Gasteiger charge is -2.46. The molecule has 11 heteroatoms. The summed E-state index contributed by atoms with van der Waals surface area (Å²) < 4.78 is 10.0. The second-order valence-electron chi connectivity index (χ2n) is 11.1. The number of imidazole rings is 1. The fourth-order valence-corrected chi connectivity index (χ4v) is 6.46. The minimum absolute atomic E-state index is 0.0724. The van der Waals surface area contributed by atoms with Crippen LogP contribution < -0.4 is 15.0 Å². The van der Waals surface area contributed by atoms with Crippen molar-refractivity contribution in [3.63, 3.8) is 0 Å². The summed E-state index contributed by atoms with van der Waals surface area (Å²) in [4.78, 5) is 50.6. The molecule has 1 aromatic heterocycles. The Labute approximate surface area is 241 Å². The zero-order valence-electron chi connectivity index (χ0n) is 23.2. The largest absolute Gasteiger partial charge is 0.488 e. The number of aliphatic hydroxyl groups is 1. The number of β-lactam (4-membered cyclic amide) rings is 1. The molecule has 1 aliphatic carbocycles. The van der Waals surface area contributed by atoms with Crippen LogP contribution in [-0.2, 0) is 27.5 Å². The van der Waals surface area contributed by atoms with Gasteiger partial charge in [0.2, 0.25) is 18.1 Å². The first-order chi connectivity index (χ1) is 20.1. The summed E-state index contributed by atoms with van der Waals surface area (Å²) >= 11 is 0. The number of carbonyl (C=O) groups excluding carboxylic acids is 3. The number of aromatic nitrogens is 2. The first-order valence-corrected chi connectivity index (χ1v) is 13.8. The highest BCUT2D eigenvalue weighted by Gasteiger charge is 2.59. The molecule has 11 nitrogen and oxygen atoms in total. The third-order valence-corrected chi connectivity index (χ3v) is 8.50. The second kappa shape index (κ2) is 10.3. The van der Waals surface area contributed by atoms with Crippen molar-refractivity contribution in [1.82, 2.24) is 9.47 Å². The van der Waals surface area contributed by atoms with E-state index in [1.54, 1.807) is 18.2 Å². The molecular weight excluding hydrogens is 540 g/mol. The van der Waals surface area contributed by atoms with Crippen molar-refractivity contribution in [2.24, 2.45) is 17.6 Å². The number of nitrogens with zero attached hydrogens (tertiary/aromatic N) is 3. The number of carbonyl (C=O) groups is 4. The standard InChI is InChI=1S/C31H30N4O7/c1-16-22(28(31(40)41)35-27(16)25(17(2)36)30(35)39)14-42-23-5-3-4-20-26(23)19-7-6-18(12-21(19)29(20)38)13-34-11-10-33(15-34)9-8-24(32)37/h3-7,10-12,15-17,25,27,36H,8-9,13-14H2,1-2H3,(H2-,32,37,40,41)/p+1/t16-,17?,25?,27?/m0/s1. The molecule has 1 fully saturated rings. The van der Waals surface area contributed by atoms with Crippen LogP contribution in [0.15, 0.2) is 66.4 Å². The van der Waals surface area contributed by atoms with Gasteiger partial charge in [-0.3, -0.25) is 14.4 Å². The maximum Gasteiger partial charge on any atom is 0.352 e. The van der Waals surface area contributed by atoms with Gasteiger partial charge in [0.15, 0.2) is 5.78 Å². The van der Waals surface area contributed by atoms with Crippen LogP contribution in [0.3, 0.4) is 0 Å². The van der Waals surface area contributed by atoms with E-state index in [-0.39, 0.29) is 36.3 Å². The minimum Gasteiger partial charge on any atom is -0.488 e. The predicted octanol–water partition coefficient (Wildman–Crippen LogP) is 1.49. The number of hydrogen-bond acceptors (Lipinski definition) is 6. The number of carboxylic acid groups (broad SMARTS) is 1. The summed E-state index contributed by atoms with van der Waals surface area (Å²) in [5, 5.41) is 20.0. The number of nitrogens with two attached hydrogens (primary N) is 1. The quantitative estimate of drug-likeness (QED) is 0.192. The highest BCUT2D eigenvalue weighted by Crippen LogP contribution is 2.48. The van der Waals surface area contributed by atoms with Gasteiger partial charge in [-0.25, -0.2) is 13.9 Å². The van der Waals surface area contributed by atoms with E-state index in [1.807, 2.05) is 53.0 Å². The molecule has 4 atom stereocenters. The number of primary amides is 1. The predicted molar refractivity (Wildman–Crippen MR) is 148 cm³/mol. The van der Waals surface area contributed by atoms with Crippen LogP contribution in [0, 0.1) is 11.8 Å². The van der Waals surface area contributed by atoms with Crippen LogP contribution in [0.5, 0.6) is 5.75 Å². The molecule has 0 spiro atoms. The van der Waals surface area contributed by atoms with Crippen molar-refractivity contribution in [3.05, 3.63) is 83.1 Å². The monoisotopic (exact) mass is 571 g/mol. The average Bonchev–Trinajstić information content (AvgIpc) is 3.58. The Bertz CT molecular complexity index is 1690. The molecule has 6 rings (SSSR count). The van der Waals surface area contributed by atoms with Crippen LogP contribution in [0.25, 0.3) is 11.1 Å². The fourth-order valence-electron chi connectivity index (χ4n) is 6.46. The Hall–Kier alpha value is -4.77. The summed E-state index contributed by atoms with van der Waals surface area (Å²) in [5.74, 6) is -2.62. The van der Waals surface area contributed by atoms with Crippen molar-refractivity contribution < 1.29 is 38.7 Å².